The summed E-state index contributed by atoms with van der Waals surface area (Å²) < 4.78 is 0. The van der Waals surface area contributed by atoms with E-state index in [0.29, 0.717) is 6.04 Å². The molecule has 0 bridgehead atoms. The molecule has 1 aromatic rings. The Morgan fingerprint density at radius 2 is 2.53 bits per heavy atom. The summed E-state index contributed by atoms with van der Waals surface area (Å²) in [6, 6.07) is 0.603. The average Bonchev–Trinajstić information content (AvgIpc) is 2.85. The zero-order chi connectivity index (χ0) is 10.7. The maximum absolute atomic E-state index is 4.44. The molecule has 1 fully saturated rings. The van der Waals surface area contributed by atoms with Gasteiger partial charge >= 0.3 is 0 Å². The highest BCUT2D eigenvalue weighted by molar-refractivity contribution is 5.35. The lowest BCUT2D eigenvalue weighted by atomic mass is 10.2. The maximum Gasteiger partial charge on any atom is 0.203 e. The summed E-state index contributed by atoms with van der Waals surface area (Å²) in [5, 5.41) is 3.25. The molecule has 84 valence electrons. The van der Waals surface area contributed by atoms with Crippen molar-refractivity contribution >= 4 is 5.95 Å². The van der Waals surface area contributed by atoms with E-state index in [9.17, 15) is 0 Å². The highest BCUT2D eigenvalue weighted by Crippen LogP contribution is 2.22. The fourth-order valence-corrected chi connectivity index (χ4v) is 2.24. The minimum atomic E-state index is 0.603. The molecule has 0 aliphatic carbocycles. The molecule has 1 saturated heterocycles. The van der Waals surface area contributed by atoms with Crippen LogP contribution in [0.3, 0.4) is 0 Å². The first-order chi connectivity index (χ1) is 7.35. The highest BCUT2D eigenvalue weighted by atomic mass is 15.3. The minimum Gasteiger partial charge on any atom is -0.338 e. The lowest BCUT2D eigenvalue weighted by Gasteiger charge is -2.23. The van der Waals surface area contributed by atoms with Gasteiger partial charge in [0.15, 0.2) is 0 Å². The molecule has 2 heterocycles. The van der Waals surface area contributed by atoms with E-state index >= 15 is 0 Å². The van der Waals surface area contributed by atoms with E-state index in [2.05, 4.69) is 27.1 Å². The molecule has 0 aromatic carbocycles. The molecule has 1 atom stereocenters. The fraction of sp³-hybridized carbons (Fsp3) is 0.727. The van der Waals surface area contributed by atoms with Crippen LogP contribution < -0.4 is 10.2 Å². The molecule has 4 heteroatoms. The Morgan fingerprint density at radius 3 is 3.20 bits per heavy atom. The summed E-state index contributed by atoms with van der Waals surface area (Å²) in [6.07, 6.45) is 5.51. The first-order valence-corrected chi connectivity index (χ1v) is 5.80. The Hall–Kier alpha value is -1.03. The number of aromatic amines is 1. The summed E-state index contributed by atoms with van der Waals surface area (Å²) >= 11 is 0. The number of likely N-dealkylation sites (N-methyl/N-ethyl adjacent to an activating group) is 1. The Morgan fingerprint density at radius 1 is 1.67 bits per heavy atom. The van der Waals surface area contributed by atoms with Gasteiger partial charge in [0.1, 0.15) is 0 Å². The molecule has 0 saturated carbocycles. The molecule has 2 N–H and O–H groups in total. The third-order valence-electron chi connectivity index (χ3n) is 3.08. The molecule has 15 heavy (non-hydrogen) atoms. The number of hydrogen-bond acceptors (Lipinski definition) is 3. The van der Waals surface area contributed by atoms with Crippen LogP contribution in [0.5, 0.6) is 0 Å². The maximum atomic E-state index is 4.44. The number of imidazole rings is 1. The molecule has 4 nitrogen and oxygen atoms in total. The minimum absolute atomic E-state index is 0.603. The zero-order valence-electron chi connectivity index (χ0n) is 9.58. The van der Waals surface area contributed by atoms with Crippen molar-refractivity contribution in [1.82, 2.24) is 15.3 Å². The summed E-state index contributed by atoms with van der Waals surface area (Å²) in [7, 11) is 2.01. The van der Waals surface area contributed by atoms with E-state index in [1.807, 2.05) is 13.2 Å². The van der Waals surface area contributed by atoms with Gasteiger partial charge in [-0.1, -0.05) is 6.92 Å². The third kappa shape index (κ3) is 2.15. The largest absolute Gasteiger partial charge is 0.338 e. The van der Waals surface area contributed by atoms with Gasteiger partial charge in [0, 0.05) is 24.8 Å². The normalized spacial score (nSPS) is 21.2. The van der Waals surface area contributed by atoms with E-state index in [-0.39, 0.29) is 0 Å². The van der Waals surface area contributed by atoms with Crippen molar-refractivity contribution in [2.24, 2.45) is 0 Å². The number of aromatic nitrogens is 2. The monoisotopic (exact) mass is 208 g/mol. The van der Waals surface area contributed by atoms with Crippen LogP contribution in [0.25, 0.3) is 0 Å². The van der Waals surface area contributed by atoms with Crippen molar-refractivity contribution < 1.29 is 0 Å². The van der Waals surface area contributed by atoms with Gasteiger partial charge < -0.3 is 15.2 Å². The van der Waals surface area contributed by atoms with E-state index in [1.54, 1.807) is 0 Å². The van der Waals surface area contributed by atoms with Crippen LogP contribution in [0.2, 0.25) is 0 Å². The number of nitrogens with one attached hydrogen (secondary N) is 2. The van der Waals surface area contributed by atoms with E-state index < -0.39 is 0 Å². The fourth-order valence-electron chi connectivity index (χ4n) is 2.24. The lowest BCUT2D eigenvalue weighted by Crippen LogP contribution is -2.37. The van der Waals surface area contributed by atoms with Crippen molar-refractivity contribution in [3.05, 3.63) is 11.9 Å². The van der Waals surface area contributed by atoms with Crippen molar-refractivity contribution in [2.75, 3.05) is 25.0 Å². The van der Waals surface area contributed by atoms with Crippen LogP contribution in [0.4, 0.5) is 5.95 Å². The zero-order valence-corrected chi connectivity index (χ0v) is 9.58. The van der Waals surface area contributed by atoms with E-state index in [4.69, 9.17) is 0 Å². The second-order valence-electron chi connectivity index (χ2n) is 4.13. The molecule has 1 aromatic heterocycles. The molecule has 0 radical (unpaired) electrons. The standard InChI is InChI=1S/C11H20N4/c1-3-9-7-13-11(14-9)15-6-4-5-10(15)8-12-2/h7,10,12H,3-6,8H2,1-2H3,(H,13,14). The van der Waals surface area contributed by atoms with Gasteiger partial charge in [-0.15, -0.1) is 0 Å². The van der Waals surface area contributed by atoms with Crippen LogP contribution in [-0.4, -0.2) is 36.1 Å². The van der Waals surface area contributed by atoms with Crippen LogP contribution >= 0.6 is 0 Å². The molecular weight excluding hydrogens is 188 g/mol. The predicted octanol–water partition coefficient (Wildman–Crippen LogP) is 1.16. The van der Waals surface area contributed by atoms with E-state index in [1.165, 1.54) is 18.5 Å². The van der Waals surface area contributed by atoms with Crippen molar-refractivity contribution in [1.29, 1.82) is 0 Å². The van der Waals surface area contributed by atoms with E-state index in [0.717, 1.165) is 25.5 Å². The SMILES string of the molecule is CCc1cnc(N2CCCC2CNC)[nH]1. The summed E-state index contributed by atoms with van der Waals surface area (Å²) in [6.45, 7) is 4.32. The first-order valence-electron chi connectivity index (χ1n) is 5.80. The van der Waals surface area contributed by atoms with Crippen LogP contribution in [-0.2, 0) is 6.42 Å². The number of aryl methyl sites for hydroxylation is 1. The molecule has 0 spiro atoms. The quantitative estimate of drug-likeness (QED) is 0.780. The van der Waals surface area contributed by atoms with Gasteiger partial charge in [-0.2, -0.15) is 0 Å². The van der Waals surface area contributed by atoms with Gasteiger partial charge in [-0.05, 0) is 26.3 Å². The number of nitrogens with zero attached hydrogens (tertiary/aromatic N) is 2. The molecule has 0 amide bonds. The van der Waals surface area contributed by atoms with Crippen LogP contribution in [0.15, 0.2) is 6.20 Å². The van der Waals surface area contributed by atoms with Gasteiger partial charge in [-0.3, -0.25) is 0 Å². The van der Waals surface area contributed by atoms with Crippen molar-refractivity contribution in [3.8, 4) is 0 Å². The molecule has 2 rings (SSSR count). The van der Waals surface area contributed by atoms with Crippen molar-refractivity contribution in [2.45, 2.75) is 32.2 Å². The summed E-state index contributed by atoms with van der Waals surface area (Å²) in [5.74, 6) is 1.05. The van der Waals surface area contributed by atoms with Crippen LogP contribution in [0, 0.1) is 0 Å². The van der Waals surface area contributed by atoms with Gasteiger partial charge in [0.2, 0.25) is 5.95 Å². The Kier molecular flexibility index (Phi) is 3.26. The van der Waals surface area contributed by atoms with Crippen molar-refractivity contribution in [3.63, 3.8) is 0 Å². The van der Waals surface area contributed by atoms with Gasteiger partial charge in [0.05, 0.1) is 6.20 Å². The summed E-state index contributed by atoms with van der Waals surface area (Å²) in [4.78, 5) is 10.2. The third-order valence-corrected chi connectivity index (χ3v) is 3.08. The molecule has 1 aliphatic rings. The molecule has 1 unspecified atom stereocenters. The van der Waals surface area contributed by atoms with Gasteiger partial charge in [0.25, 0.3) is 0 Å². The highest BCUT2D eigenvalue weighted by Gasteiger charge is 2.25. The Labute approximate surface area is 91.1 Å². The lowest BCUT2D eigenvalue weighted by molar-refractivity contribution is 0.608. The number of rotatable bonds is 4. The van der Waals surface area contributed by atoms with Crippen LogP contribution in [0.1, 0.15) is 25.5 Å². The Bertz CT molecular complexity index is 307. The topological polar surface area (TPSA) is 44.0 Å². The number of hydrogen-bond donors (Lipinski definition) is 2. The number of H-pyrrole nitrogens is 1. The first kappa shape index (κ1) is 10.5. The summed E-state index contributed by atoms with van der Waals surface area (Å²) in [5.41, 5.74) is 1.22. The molecule has 1 aliphatic heterocycles. The smallest absolute Gasteiger partial charge is 0.203 e. The second-order valence-corrected chi connectivity index (χ2v) is 4.13. The van der Waals surface area contributed by atoms with Gasteiger partial charge in [-0.25, -0.2) is 4.98 Å². The molecular formula is C11H20N4. The predicted molar refractivity (Wildman–Crippen MR) is 62.3 cm³/mol. The average molecular weight is 208 g/mol. The Balaban J connectivity index is 2.08. The second kappa shape index (κ2) is 4.66. The number of anilines is 1.